The average molecular weight is 246 g/mol. The predicted octanol–water partition coefficient (Wildman–Crippen LogP) is 0.110. The molecule has 0 saturated heterocycles. The topological polar surface area (TPSA) is 102 Å². The first-order valence-electron chi connectivity index (χ1n) is 5.80. The molecular formula is C11H22N2O4. The molecule has 0 fully saturated rings. The van der Waals surface area contributed by atoms with Crippen LogP contribution in [-0.4, -0.2) is 42.3 Å². The minimum Gasteiger partial charge on any atom is -0.481 e. The third kappa shape index (κ3) is 9.77. The van der Waals surface area contributed by atoms with Crippen LogP contribution in [-0.2, 0) is 14.3 Å². The lowest BCUT2D eigenvalue weighted by Gasteiger charge is -2.10. The maximum Gasteiger partial charge on any atom is 0.305 e. The Labute approximate surface area is 102 Å². The number of carboxylic acid groups (broad SMARTS) is 1. The molecule has 0 aromatic heterocycles. The van der Waals surface area contributed by atoms with Crippen LogP contribution < -0.4 is 11.1 Å². The van der Waals surface area contributed by atoms with Crippen LogP contribution in [0.15, 0.2) is 0 Å². The van der Waals surface area contributed by atoms with E-state index in [1.807, 2.05) is 13.8 Å². The van der Waals surface area contributed by atoms with E-state index in [2.05, 4.69) is 5.32 Å². The molecule has 0 aliphatic carbocycles. The van der Waals surface area contributed by atoms with Gasteiger partial charge in [-0.1, -0.05) is 0 Å². The standard InChI is InChI=1S/C11H22N2O4/c1-8(2)17-6-4-3-5-13-11(16)9(12)7-10(14)15/h8-9H,3-7,12H2,1-2H3,(H,13,16)(H,14,15). The lowest BCUT2D eigenvalue weighted by molar-refractivity contribution is -0.139. The molecule has 17 heavy (non-hydrogen) atoms. The van der Waals surface area contributed by atoms with Gasteiger partial charge in [0, 0.05) is 13.2 Å². The van der Waals surface area contributed by atoms with E-state index in [-0.39, 0.29) is 12.5 Å². The van der Waals surface area contributed by atoms with Gasteiger partial charge in [0.1, 0.15) is 0 Å². The number of carbonyl (C=O) groups is 2. The molecule has 0 saturated carbocycles. The van der Waals surface area contributed by atoms with Crippen molar-refractivity contribution in [2.75, 3.05) is 13.2 Å². The molecule has 0 aromatic carbocycles. The van der Waals surface area contributed by atoms with E-state index >= 15 is 0 Å². The maximum atomic E-state index is 11.3. The first-order valence-corrected chi connectivity index (χ1v) is 5.80. The Hall–Kier alpha value is -1.14. The summed E-state index contributed by atoms with van der Waals surface area (Å²) in [5.74, 6) is -1.49. The van der Waals surface area contributed by atoms with E-state index in [9.17, 15) is 9.59 Å². The Morgan fingerprint density at radius 2 is 2.00 bits per heavy atom. The molecule has 0 radical (unpaired) electrons. The van der Waals surface area contributed by atoms with Gasteiger partial charge in [-0.25, -0.2) is 0 Å². The number of carbonyl (C=O) groups excluding carboxylic acids is 1. The van der Waals surface area contributed by atoms with Crippen molar-refractivity contribution in [2.24, 2.45) is 5.73 Å². The normalized spacial score (nSPS) is 12.5. The van der Waals surface area contributed by atoms with Gasteiger partial charge in [0.25, 0.3) is 0 Å². The molecule has 1 amide bonds. The van der Waals surface area contributed by atoms with Gasteiger partial charge in [-0.15, -0.1) is 0 Å². The second-order valence-electron chi connectivity index (χ2n) is 4.12. The number of aliphatic carboxylic acids is 1. The predicted molar refractivity (Wildman–Crippen MR) is 63.6 cm³/mol. The summed E-state index contributed by atoms with van der Waals surface area (Å²) in [6.45, 7) is 5.09. The van der Waals surface area contributed by atoms with Crippen molar-refractivity contribution in [2.45, 2.75) is 45.3 Å². The highest BCUT2D eigenvalue weighted by Gasteiger charge is 2.15. The number of amides is 1. The van der Waals surface area contributed by atoms with Crippen LogP contribution in [0.1, 0.15) is 33.1 Å². The highest BCUT2D eigenvalue weighted by molar-refractivity contribution is 5.85. The number of nitrogens with two attached hydrogens (primary N) is 1. The molecule has 6 heteroatoms. The number of rotatable bonds is 9. The third-order valence-corrected chi connectivity index (χ3v) is 2.05. The van der Waals surface area contributed by atoms with Gasteiger partial charge >= 0.3 is 5.97 Å². The molecule has 0 aliphatic heterocycles. The zero-order chi connectivity index (χ0) is 13.3. The van der Waals surface area contributed by atoms with E-state index in [1.165, 1.54) is 0 Å². The van der Waals surface area contributed by atoms with E-state index in [0.717, 1.165) is 12.8 Å². The summed E-state index contributed by atoms with van der Waals surface area (Å²) >= 11 is 0. The Morgan fingerprint density at radius 1 is 1.35 bits per heavy atom. The number of nitrogens with one attached hydrogen (secondary N) is 1. The maximum absolute atomic E-state index is 11.3. The number of hydrogen-bond donors (Lipinski definition) is 3. The van der Waals surface area contributed by atoms with E-state index in [1.54, 1.807) is 0 Å². The molecule has 0 aromatic rings. The second-order valence-corrected chi connectivity index (χ2v) is 4.12. The Bertz CT molecular complexity index is 244. The first-order chi connectivity index (χ1) is 7.93. The smallest absolute Gasteiger partial charge is 0.305 e. The number of carboxylic acids is 1. The summed E-state index contributed by atoms with van der Waals surface area (Å²) in [4.78, 5) is 21.6. The van der Waals surface area contributed by atoms with Crippen molar-refractivity contribution in [1.82, 2.24) is 5.32 Å². The number of hydrogen-bond acceptors (Lipinski definition) is 4. The van der Waals surface area contributed by atoms with Crippen LogP contribution in [0.5, 0.6) is 0 Å². The van der Waals surface area contributed by atoms with Crippen LogP contribution in [0.3, 0.4) is 0 Å². The molecule has 6 nitrogen and oxygen atoms in total. The van der Waals surface area contributed by atoms with Gasteiger partial charge < -0.3 is 20.9 Å². The monoisotopic (exact) mass is 246 g/mol. The molecule has 1 atom stereocenters. The van der Waals surface area contributed by atoms with Crippen LogP contribution >= 0.6 is 0 Å². The summed E-state index contributed by atoms with van der Waals surface area (Å²) in [6, 6.07) is -0.973. The van der Waals surface area contributed by atoms with Crippen molar-refractivity contribution in [3.63, 3.8) is 0 Å². The highest BCUT2D eigenvalue weighted by atomic mass is 16.5. The summed E-state index contributed by atoms with van der Waals surface area (Å²) in [5, 5.41) is 11.0. The van der Waals surface area contributed by atoms with Crippen molar-refractivity contribution in [3.05, 3.63) is 0 Å². The average Bonchev–Trinajstić information content (AvgIpc) is 2.21. The fourth-order valence-corrected chi connectivity index (χ4v) is 1.17. The number of ether oxygens (including phenoxy) is 1. The molecule has 0 bridgehead atoms. The minimum atomic E-state index is -1.07. The van der Waals surface area contributed by atoms with Gasteiger partial charge in [0.15, 0.2) is 0 Å². The summed E-state index contributed by atoms with van der Waals surface area (Å²) in [6.07, 6.45) is 1.52. The van der Waals surface area contributed by atoms with Crippen LogP contribution in [0.25, 0.3) is 0 Å². The largest absolute Gasteiger partial charge is 0.481 e. The van der Waals surface area contributed by atoms with Gasteiger partial charge in [0.2, 0.25) is 5.91 Å². The number of unbranched alkanes of at least 4 members (excludes halogenated alkanes) is 1. The van der Waals surface area contributed by atoms with Gasteiger partial charge in [-0.05, 0) is 26.7 Å². The Kier molecular flexibility index (Phi) is 8.35. The van der Waals surface area contributed by atoms with Crippen molar-refractivity contribution >= 4 is 11.9 Å². The van der Waals surface area contributed by atoms with E-state index in [0.29, 0.717) is 13.2 Å². The molecule has 0 rings (SSSR count). The molecule has 0 aliphatic rings. The molecule has 100 valence electrons. The molecule has 4 N–H and O–H groups in total. The fourth-order valence-electron chi connectivity index (χ4n) is 1.17. The van der Waals surface area contributed by atoms with Crippen LogP contribution in [0.2, 0.25) is 0 Å². The van der Waals surface area contributed by atoms with Crippen molar-refractivity contribution < 1.29 is 19.4 Å². The zero-order valence-electron chi connectivity index (χ0n) is 10.4. The zero-order valence-corrected chi connectivity index (χ0v) is 10.4. The fraction of sp³-hybridized carbons (Fsp3) is 0.818. The summed E-state index contributed by atoms with van der Waals surface area (Å²) in [5.41, 5.74) is 5.38. The van der Waals surface area contributed by atoms with Crippen molar-refractivity contribution in [3.8, 4) is 0 Å². The lowest BCUT2D eigenvalue weighted by atomic mass is 10.2. The summed E-state index contributed by atoms with van der Waals surface area (Å²) < 4.78 is 5.33. The SMILES string of the molecule is CC(C)OCCCCNC(=O)C(N)CC(=O)O. The summed E-state index contributed by atoms with van der Waals surface area (Å²) in [7, 11) is 0. The van der Waals surface area contributed by atoms with Crippen LogP contribution in [0.4, 0.5) is 0 Å². The molecule has 0 spiro atoms. The molecule has 1 unspecified atom stereocenters. The van der Waals surface area contributed by atoms with Gasteiger partial charge in [0.05, 0.1) is 18.6 Å². The minimum absolute atomic E-state index is 0.216. The lowest BCUT2D eigenvalue weighted by Crippen LogP contribution is -2.42. The van der Waals surface area contributed by atoms with Gasteiger partial charge in [-0.3, -0.25) is 9.59 Å². The first kappa shape index (κ1) is 15.9. The Balaban J connectivity index is 3.48. The van der Waals surface area contributed by atoms with Crippen LogP contribution in [0, 0.1) is 0 Å². The highest BCUT2D eigenvalue weighted by Crippen LogP contribution is 1.94. The molecule has 0 heterocycles. The quantitative estimate of drug-likeness (QED) is 0.501. The van der Waals surface area contributed by atoms with Crippen molar-refractivity contribution in [1.29, 1.82) is 0 Å². The van der Waals surface area contributed by atoms with E-state index in [4.69, 9.17) is 15.6 Å². The second kappa shape index (κ2) is 8.95. The van der Waals surface area contributed by atoms with E-state index < -0.39 is 17.9 Å². The Morgan fingerprint density at radius 3 is 2.53 bits per heavy atom. The third-order valence-electron chi connectivity index (χ3n) is 2.05. The van der Waals surface area contributed by atoms with Gasteiger partial charge in [-0.2, -0.15) is 0 Å². The molecular weight excluding hydrogens is 224 g/mol.